The molecule has 0 bridgehead atoms. The summed E-state index contributed by atoms with van der Waals surface area (Å²) >= 11 is 0. The molecule has 128 valence electrons. The lowest BCUT2D eigenvalue weighted by molar-refractivity contribution is 0.0274. The minimum atomic E-state index is -0.813. The van der Waals surface area contributed by atoms with Crippen LogP contribution in [0.25, 0.3) is 11.5 Å². The number of carbonyl (C=O) groups excluding carboxylic acids is 1. The lowest BCUT2D eigenvalue weighted by Crippen LogP contribution is -2.11. The molecule has 6 nitrogen and oxygen atoms in total. The van der Waals surface area contributed by atoms with Crippen molar-refractivity contribution in [1.82, 2.24) is 10.2 Å². The molecule has 1 atom stereocenters. The SMILES string of the molecule is COc1ccc(-c2nnc(C(C)OC(=O)c3ccccc3F)o2)cc1. The lowest BCUT2D eigenvalue weighted by Gasteiger charge is -2.09. The van der Waals surface area contributed by atoms with Gasteiger partial charge in [-0.05, 0) is 43.3 Å². The molecule has 0 saturated carbocycles. The van der Waals surface area contributed by atoms with Crippen molar-refractivity contribution in [2.24, 2.45) is 0 Å². The van der Waals surface area contributed by atoms with Gasteiger partial charge in [0.05, 0.1) is 12.7 Å². The van der Waals surface area contributed by atoms with Crippen LogP contribution >= 0.6 is 0 Å². The van der Waals surface area contributed by atoms with Crippen molar-refractivity contribution >= 4 is 5.97 Å². The highest BCUT2D eigenvalue weighted by Gasteiger charge is 2.21. The number of aromatic nitrogens is 2. The van der Waals surface area contributed by atoms with Crippen LogP contribution in [0.1, 0.15) is 29.3 Å². The molecule has 0 aliphatic carbocycles. The maximum absolute atomic E-state index is 13.6. The summed E-state index contributed by atoms with van der Waals surface area (Å²) in [6.45, 7) is 1.57. The molecule has 0 radical (unpaired) electrons. The van der Waals surface area contributed by atoms with Crippen LogP contribution in [0.5, 0.6) is 5.75 Å². The Kier molecular flexibility index (Phi) is 4.74. The van der Waals surface area contributed by atoms with E-state index in [0.29, 0.717) is 11.3 Å². The van der Waals surface area contributed by atoms with Gasteiger partial charge in [0, 0.05) is 5.56 Å². The molecule has 1 heterocycles. The molecule has 0 spiro atoms. The maximum Gasteiger partial charge on any atom is 0.341 e. The number of halogens is 1. The monoisotopic (exact) mass is 342 g/mol. The summed E-state index contributed by atoms with van der Waals surface area (Å²) in [4.78, 5) is 12.0. The van der Waals surface area contributed by atoms with E-state index in [1.54, 1.807) is 44.4 Å². The predicted octanol–water partition coefficient (Wildman–Crippen LogP) is 3.80. The minimum Gasteiger partial charge on any atom is -0.497 e. The summed E-state index contributed by atoms with van der Waals surface area (Å²) in [6.07, 6.45) is -0.813. The molecule has 1 aromatic heterocycles. The molecule has 3 aromatic rings. The van der Waals surface area contributed by atoms with Crippen molar-refractivity contribution in [3.63, 3.8) is 0 Å². The van der Waals surface area contributed by atoms with E-state index in [4.69, 9.17) is 13.9 Å². The van der Waals surface area contributed by atoms with Crippen LogP contribution in [0.2, 0.25) is 0 Å². The van der Waals surface area contributed by atoms with E-state index in [1.807, 2.05) is 0 Å². The van der Waals surface area contributed by atoms with Crippen molar-refractivity contribution in [2.45, 2.75) is 13.0 Å². The van der Waals surface area contributed by atoms with Crippen LogP contribution in [-0.4, -0.2) is 23.3 Å². The van der Waals surface area contributed by atoms with E-state index >= 15 is 0 Å². The van der Waals surface area contributed by atoms with Gasteiger partial charge in [-0.25, -0.2) is 9.18 Å². The number of hydrogen-bond acceptors (Lipinski definition) is 6. The maximum atomic E-state index is 13.6. The molecular weight excluding hydrogens is 327 g/mol. The second-order valence-electron chi connectivity index (χ2n) is 5.20. The van der Waals surface area contributed by atoms with Gasteiger partial charge in [-0.2, -0.15) is 0 Å². The summed E-state index contributed by atoms with van der Waals surface area (Å²) in [7, 11) is 1.57. The Morgan fingerprint density at radius 3 is 2.52 bits per heavy atom. The van der Waals surface area contributed by atoms with Crippen LogP contribution in [0.3, 0.4) is 0 Å². The molecule has 0 fully saturated rings. The zero-order chi connectivity index (χ0) is 17.8. The third-order valence-electron chi connectivity index (χ3n) is 3.50. The number of hydrogen-bond donors (Lipinski definition) is 0. The molecule has 0 amide bonds. The summed E-state index contributed by atoms with van der Waals surface area (Å²) in [5.41, 5.74) is 0.552. The summed E-state index contributed by atoms with van der Waals surface area (Å²) in [6, 6.07) is 12.7. The fraction of sp³-hybridized carbons (Fsp3) is 0.167. The average molecular weight is 342 g/mol. The average Bonchev–Trinajstić information content (AvgIpc) is 3.12. The Bertz CT molecular complexity index is 877. The number of rotatable bonds is 5. The number of esters is 1. The van der Waals surface area contributed by atoms with E-state index in [9.17, 15) is 9.18 Å². The normalized spacial score (nSPS) is 11.8. The van der Waals surface area contributed by atoms with Gasteiger partial charge in [0.2, 0.25) is 5.89 Å². The molecule has 0 aliphatic heterocycles. The highest BCUT2D eigenvalue weighted by Crippen LogP contribution is 2.25. The topological polar surface area (TPSA) is 74.5 Å². The molecule has 0 saturated heterocycles. The third-order valence-corrected chi connectivity index (χ3v) is 3.50. The van der Waals surface area contributed by atoms with Crippen molar-refractivity contribution in [3.05, 3.63) is 65.8 Å². The molecule has 1 unspecified atom stereocenters. The van der Waals surface area contributed by atoms with Crippen LogP contribution in [0.15, 0.2) is 52.9 Å². The molecule has 0 aliphatic rings. The standard InChI is InChI=1S/C18H15FN2O4/c1-11(24-18(22)14-5-3-4-6-15(14)19)16-20-21-17(25-16)12-7-9-13(23-2)10-8-12/h3-11H,1-2H3. The first-order chi connectivity index (χ1) is 12.1. The lowest BCUT2D eigenvalue weighted by atomic mass is 10.2. The predicted molar refractivity (Wildman–Crippen MR) is 86.5 cm³/mol. The van der Waals surface area contributed by atoms with Gasteiger partial charge in [-0.15, -0.1) is 10.2 Å². The first-order valence-corrected chi connectivity index (χ1v) is 7.52. The Morgan fingerprint density at radius 2 is 1.84 bits per heavy atom. The molecule has 25 heavy (non-hydrogen) atoms. The highest BCUT2D eigenvalue weighted by molar-refractivity contribution is 5.89. The van der Waals surface area contributed by atoms with Crippen LogP contribution in [0.4, 0.5) is 4.39 Å². The minimum absolute atomic E-state index is 0.121. The number of benzene rings is 2. The summed E-state index contributed by atoms with van der Waals surface area (Å²) in [5, 5.41) is 7.82. The second kappa shape index (κ2) is 7.12. The molecule has 2 aromatic carbocycles. The largest absolute Gasteiger partial charge is 0.497 e. The van der Waals surface area contributed by atoms with Gasteiger partial charge in [-0.3, -0.25) is 0 Å². The van der Waals surface area contributed by atoms with E-state index in [1.165, 1.54) is 18.2 Å². The second-order valence-corrected chi connectivity index (χ2v) is 5.20. The molecule has 3 rings (SSSR count). The summed E-state index contributed by atoms with van der Waals surface area (Å²) < 4.78 is 29.4. The molecule has 7 heteroatoms. The van der Waals surface area contributed by atoms with Crippen molar-refractivity contribution in [1.29, 1.82) is 0 Å². The summed E-state index contributed by atoms with van der Waals surface area (Å²) in [5.74, 6) is -0.337. The Hall–Kier alpha value is -3.22. The smallest absolute Gasteiger partial charge is 0.341 e. The number of carbonyl (C=O) groups is 1. The van der Waals surface area contributed by atoms with Crippen LogP contribution < -0.4 is 4.74 Å². The van der Waals surface area contributed by atoms with Crippen molar-refractivity contribution in [3.8, 4) is 17.2 Å². The number of ether oxygens (including phenoxy) is 2. The van der Waals surface area contributed by atoms with E-state index in [2.05, 4.69) is 10.2 Å². The highest BCUT2D eigenvalue weighted by atomic mass is 19.1. The fourth-order valence-electron chi connectivity index (χ4n) is 2.15. The van der Waals surface area contributed by atoms with E-state index < -0.39 is 17.9 Å². The van der Waals surface area contributed by atoms with Crippen LogP contribution in [-0.2, 0) is 4.74 Å². The zero-order valence-corrected chi connectivity index (χ0v) is 13.6. The number of nitrogens with zero attached hydrogens (tertiary/aromatic N) is 2. The molecule has 0 N–H and O–H groups in total. The zero-order valence-electron chi connectivity index (χ0n) is 13.6. The third kappa shape index (κ3) is 3.65. The fourth-order valence-corrected chi connectivity index (χ4v) is 2.15. The van der Waals surface area contributed by atoms with Gasteiger partial charge >= 0.3 is 5.97 Å². The number of methoxy groups -OCH3 is 1. The van der Waals surface area contributed by atoms with E-state index in [0.717, 1.165) is 0 Å². The molecular formula is C18H15FN2O4. The first kappa shape index (κ1) is 16.6. The van der Waals surface area contributed by atoms with Gasteiger partial charge in [0.1, 0.15) is 11.6 Å². The Balaban J connectivity index is 1.73. The first-order valence-electron chi connectivity index (χ1n) is 7.52. The van der Waals surface area contributed by atoms with Crippen molar-refractivity contribution < 1.29 is 23.1 Å². The van der Waals surface area contributed by atoms with Gasteiger partial charge in [0.15, 0.2) is 6.10 Å². The van der Waals surface area contributed by atoms with Gasteiger partial charge in [0.25, 0.3) is 5.89 Å². The van der Waals surface area contributed by atoms with Crippen LogP contribution in [0, 0.1) is 5.82 Å². The Morgan fingerprint density at radius 1 is 1.12 bits per heavy atom. The van der Waals surface area contributed by atoms with Crippen molar-refractivity contribution in [2.75, 3.05) is 7.11 Å². The quantitative estimate of drug-likeness (QED) is 0.657. The van der Waals surface area contributed by atoms with Gasteiger partial charge < -0.3 is 13.9 Å². The van der Waals surface area contributed by atoms with E-state index in [-0.39, 0.29) is 17.3 Å². The Labute approximate surface area is 143 Å². The van der Waals surface area contributed by atoms with Gasteiger partial charge in [-0.1, -0.05) is 12.1 Å².